The van der Waals surface area contributed by atoms with E-state index in [2.05, 4.69) is 56.8 Å². The van der Waals surface area contributed by atoms with Gasteiger partial charge in [-0.3, -0.25) is 9.99 Å². The van der Waals surface area contributed by atoms with E-state index >= 15 is 0 Å². The van der Waals surface area contributed by atoms with E-state index < -0.39 is 5.41 Å². The average Bonchev–Trinajstić information content (AvgIpc) is 3.49. The fourth-order valence-electron chi connectivity index (χ4n) is 4.52. The quantitative estimate of drug-likeness (QED) is 0.255. The van der Waals surface area contributed by atoms with Crippen LogP contribution in [0.3, 0.4) is 0 Å². The molecule has 0 unspecified atom stereocenters. The second kappa shape index (κ2) is 10.3. The molecule has 10 heteroatoms. The van der Waals surface area contributed by atoms with Crippen LogP contribution >= 0.6 is 11.6 Å². The minimum absolute atomic E-state index is 0.0210. The highest BCUT2D eigenvalue weighted by atomic mass is 35.5. The van der Waals surface area contributed by atoms with Crippen LogP contribution in [0, 0.1) is 28.1 Å². The summed E-state index contributed by atoms with van der Waals surface area (Å²) in [7, 11) is 0. The van der Waals surface area contributed by atoms with Crippen molar-refractivity contribution in [3.8, 4) is 12.1 Å². The molecule has 9 nitrogen and oxygen atoms in total. The second-order valence-corrected chi connectivity index (χ2v) is 11.6. The Balaban J connectivity index is 1.59. The first kappa shape index (κ1) is 26.6. The van der Waals surface area contributed by atoms with Gasteiger partial charge < -0.3 is 21.2 Å². The van der Waals surface area contributed by atoms with E-state index in [0.717, 1.165) is 24.1 Å². The van der Waals surface area contributed by atoms with Gasteiger partial charge in [-0.25, -0.2) is 0 Å². The molecule has 39 heavy (non-hydrogen) atoms. The molecule has 0 radical (unpaired) electrons. The van der Waals surface area contributed by atoms with E-state index in [1.165, 1.54) is 6.20 Å². The minimum Gasteiger partial charge on any atom is -0.396 e. The molecular formula is C29H31ClN8O. The third kappa shape index (κ3) is 5.30. The Morgan fingerprint density at radius 2 is 1.95 bits per heavy atom. The Kier molecular flexibility index (Phi) is 7.00. The molecule has 1 aliphatic carbocycles. The number of hydrogen-bond acceptors (Lipinski definition) is 9. The lowest BCUT2D eigenvalue weighted by Gasteiger charge is -2.25. The summed E-state index contributed by atoms with van der Waals surface area (Å²) in [6.45, 7) is 6.47. The van der Waals surface area contributed by atoms with Crippen molar-refractivity contribution >= 4 is 33.9 Å². The molecule has 5 N–H and O–H groups in total. The van der Waals surface area contributed by atoms with Crippen molar-refractivity contribution in [3.63, 3.8) is 0 Å². The number of nitrogens with one attached hydrogen (secondary N) is 4. The largest absolute Gasteiger partial charge is 0.396 e. The maximum atomic E-state index is 10.0. The van der Waals surface area contributed by atoms with Crippen molar-refractivity contribution < 1.29 is 5.11 Å². The highest BCUT2D eigenvalue weighted by Crippen LogP contribution is 2.42. The monoisotopic (exact) mass is 542 g/mol. The molecule has 1 saturated carbocycles. The number of halogens is 1. The molecule has 2 aromatic carbocycles. The zero-order chi connectivity index (χ0) is 27.8. The molecule has 200 valence electrons. The van der Waals surface area contributed by atoms with Gasteiger partial charge in [0.05, 0.1) is 39.6 Å². The van der Waals surface area contributed by atoms with Gasteiger partial charge in [-0.2, -0.15) is 10.5 Å². The Morgan fingerprint density at radius 3 is 2.62 bits per heavy atom. The number of hydrazine groups is 2. The Morgan fingerprint density at radius 1 is 1.21 bits per heavy atom. The topological polar surface area (TPSA) is 132 Å². The predicted octanol–water partition coefficient (Wildman–Crippen LogP) is 4.93. The van der Waals surface area contributed by atoms with Crippen LogP contribution < -0.4 is 21.6 Å². The summed E-state index contributed by atoms with van der Waals surface area (Å²) in [6, 6.07) is 15.4. The summed E-state index contributed by atoms with van der Waals surface area (Å²) < 4.78 is 0. The van der Waals surface area contributed by atoms with Gasteiger partial charge in [0.1, 0.15) is 12.1 Å². The smallest absolute Gasteiger partial charge is 0.103 e. The van der Waals surface area contributed by atoms with Crippen molar-refractivity contribution in [2.45, 2.75) is 45.2 Å². The number of nitriles is 2. The SMILES string of the molecule is CC(C)(CO)CNc1c(C#N)cnc2c(C#N)cc(N[C@H](C3=CN(C4(C)CC4)NN3)c3ccccc3Cl)cc12. The zero-order valence-electron chi connectivity index (χ0n) is 22.1. The van der Waals surface area contributed by atoms with Crippen LogP contribution in [0.2, 0.25) is 5.02 Å². The average molecular weight is 543 g/mol. The van der Waals surface area contributed by atoms with Crippen molar-refractivity contribution in [2.24, 2.45) is 5.41 Å². The number of rotatable bonds is 9. The summed E-state index contributed by atoms with van der Waals surface area (Å²) in [6.07, 6.45) is 5.73. The molecule has 2 heterocycles. The van der Waals surface area contributed by atoms with Crippen molar-refractivity contribution in [3.05, 3.63) is 76.2 Å². The fourth-order valence-corrected chi connectivity index (χ4v) is 4.76. The Bertz CT molecular complexity index is 1530. The van der Waals surface area contributed by atoms with E-state index in [0.29, 0.717) is 45.0 Å². The number of benzene rings is 2. The maximum Gasteiger partial charge on any atom is 0.103 e. The highest BCUT2D eigenvalue weighted by molar-refractivity contribution is 6.31. The summed E-state index contributed by atoms with van der Waals surface area (Å²) in [5.41, 5.74) is 10.4. The van der Waals surface area contributed by atoms with Gasteiger partial charge in [0.15, 0.2) is 0 Å². The van der Waals surface area contributed by atoms with E-state index in [1.54, 1.807) is 6.07 Å². The summed E-state index contributed by atoms with van der Waals surface area (Å²) in [4.78, 5) is 4.44. The Labute approximate surface area is 233 Å². The number of aliphatic hydroxyl groups excluding tert-OH is 1. The lowest BCUT2D eigenvalue weighted by atomic mass is 9.94. The second-order valence-electron chi connectivity index (χ2n) is 11.2. The van der Waals surface area contributed by atoms with E-state index in [4.69, 9.17) is 11.6 Å². The van der Waals surface area contributed by atoms with E-state index in [-0.39, 0.29) is 18.2 Å². The first-order valence-corrected chi connectivity index (χ1v) is 13.2. The number of pyridine rings is 1. The number of aromatic nitrogens is 1. The number of anilines is 2. The molecule has 3 aromatic rings. The number of hydrogen-bond donors (Lipinski definition) is 5. The normalized spacial score (nSPS) is 16.6. The van der Waals surface area contributed by atoms with Gasteiger partial charge in [-0.05, 0) is 43.5 Å². The molecule has 1 atom stereocenters. The maximum absolute atomic E-state index is 10.0. The lowest BCUT2D eigenvalue weighted by Crippen LogP contribution is -2.43. The van der Waals surface area contributed by atoms with Crippen molar-refractivity contribution in [1.29, 1.82) is 10.5 Å². The first-order chi connectivity index (χ1) is 18.7. The van der Waals surface area contributed by atoms with Crippen LogP contribution in [0.25, 0.3) is 10.9 Å². The van der Waals surface area contributed by atoms with E-state index in [1.807, 2.05) is 44.2 Å². The van der Waals surface area contributed by atoms with E-state index in [9.17, 15) is 15.6 Å². The van der Waals surface area contributed by atoms with Crippen LogP contribution in [-0.4, -0.2) is 33.8 Å². The molecule has 1 aliphatic heterocycles. The molecule has 5 rings (SSSR count). The van der Waals surface area contributed by atoms with Gasteiger partial charge in [-0.15, -0.1) is 5.53 Å². The minimum atomic E-state index is -0.414. The molecule has 0 saturated heterocycles. The first-order valence-electron chi connectivity index (χ1n) is 12.8. The molecule has 0 spiro atoms. The van der Waals surface area contributed by atoms with Crippen LogP contribution in [0.5, 0.6) is 0 Å². The van der Waals surface area contributed by atoms with Gasteiger partial charge >= 0.3 is 0 Å². The highest BCUT2D eigenvalue weighted by Gasteiger charge is 2.44. The molecule has 0 bridgehead atoms. The molecule has 1 aromatic heterocycles. The van der Waals surface area contributed by atoms with Gasteiger partial charge in [0, 0.05) is 47.1 Å². The van der Waals surface area contributed by atoms with Gasteiger partial charge in [0.25, 0.3) is 0 Å². The Hall–Kier alpha value is -4.02. The van der Waals surface area contributed by atoms with Crippen LogP contribution in [0.1, 0.15) is 56.3 Å². The number of fused-ring (bicyclic) bond motifs is 1. The van der Waals surface area contributed by atoms with Crippen molar-refractivity contribution in [1.82, 2.24) is 21.0 Å². The number of nitrogens with zero attached hydrogens (tertiary/aromatic N) is 4. The summed E-state index contributed by atoms with van der Waals surface area (Å²) >= 11 is 6.66. The third-order valence-electron chi connectivity index (χ3n) is 7.37. The summed E-state index contributed by atoms with van der Waals surface area (Å²) in [5, 5.41) is 39.8. The molecular weight excluding hydrogens is 512 g/mol. The zero-order valence-corrected chi connectivity index (χ0v) is 22.9. The molecule has 2 aliphatic rings. The summed E-state index contributed by atoms with van der Waals surface area (Å²) in [5.74, 6) is 0. The third-order valence-corrected chi connectivity index (χ3v) is 7.71. The van der Waals surface area contributed by atoms with Gasteiger partial charge in [0.2, 0.25) is 0 Å². The molecule has 0 amide bonds. The van der Waals surface area contributed by atoms with Gasteiger partial charge in [-0.1, -0.05) is 43.6 Å². The van der Waals surface area contributed by atoms with Crippen LogP contribution in [0.4, 0.5) is 11.4 Å². The van der Waals surface area contributed by atoms with Crippen LogP contribution in [0.15, 0.2) is 54.5 Å². The predicted molar refractivity (Wildman–Crippen MR) is 152 cm³/mol. The van der Waals surface area contributed by atoms with Crippen molar-refractivity contribution in [2.75, 3.05) is 23.8 Å². The standard InChI is InChI=1S/C29H31ClN8O/c1-28(2,17-39)16-34-26-19(13-32)14-33-25-18(12-31)10-20(11-22(25)26)35-27(21-6-4-5-7-23(21)30)24-15-38(37-36-24)29(3)8-9-29/h4-7,10-11,14-15,27,35-37,39H,8-9,16-17H2,1-3H3,(H,33,34)/t27-/m0/s1. The number of aliphatic hydroxyl groups is 1. The van der Waals surface area contributed by atoms with Crippen LogP contribution in [-0.2, 0) is 0 Å². The molecule has 1 fully saturated rings. The lowest BCUT2D eigenvalue weighted by molar-refractivity contribution is 0.171. The fraction of sp³-hybridized carbons (Fsp3) is 0.345.